The maximum Gasteiger partial charge on any atom is 0.305 e. The highest BCUT2D eigenvalue weighted by Crippen LogP contribution is 2.68. The number of hydrogen-bond donors (Lipinski definition) is 4. The molecule has 0 aliphatic heterocycles. The third-order valence-electron chi connectivity index (χ3n) is 12.9. The summed E-state index contributed by atoms with van der Waals surface area (Å²) in [6.07, 6.45) is 19.2. The monoisotopic (exact) mass is 575 g/mol. The van der Waals surface area contributed by atoms with Crippen molar-refractivity contribution in [3.63, 3.8) is 0 Å². The van der Waals surface area contributed by atoms with Crippen LogP contribution < -0.4 is 21.7 Å². The summed E-state index contributed by atoms with van der Waals surface area (Å²) in [6, 6.07) is 0.726. The van der Waals surface area contributed by atoms with Gasteiger partial charge in [0.25, 0.3) is 0 Å². The Hall–Kier alpha value is -0.690. The first-order chi connectivity index (χ1) is 19.8. The third kappa shape index (κ3) is 8.08. The summed E-state index contributed by atoms with van der Waals surface area (Å²) < 4.78 is 4.94. The van der Waals surface area contributed by atoms with E-state index in [0.29, 0.717) is 23.2 Å². The minimum absolute atomic E-state index is 0.0398. The van der Waals surface area contributed by atoms with E-state index in [1.165, 1.54) is 84.2 Å². The van der Waals surface area contributed by atoms with Crippen molar-refractivity contribution in [1.82, 2.24) is 16.0 Å². The van der Waals surface area contributed by atoms with Crippen LogP contribution in [0.25, 0.3) is 0 Å². The van der Waals surface area contributed by atoms with E-state index >= 15 is 0 Å². The van der Waals surface area contributed by atoms with Crippen molar-refractivity contribution < 1.29 is 9.53 Å². The molecule has 0 aromatic carbocycles. The molecule has 4 fully saturated rings. The molecular weight excluding hydrogens is 508 g/mol. The smallest absolute Gasteiger partial charge is 0.305 e. The summed E-state index contributed by atoms with van der Waals surface area (Å²) in [5, 5.41) is 11.1. The lowest BCUT2D eigenvalue weighted by atomic mass is 9.44. The van der Waals surface area contributed by atoms with Crippen LogP contribution in [0.2, 0.25) is 0 Å². The topological polar surface area (TPSA) is 88.4 Å². The first-order valence-corrected chi connectivity index (χ1v) is 17.7. The lowest BCUT2D eigenvalue weighted by molar-refractivity contribution is -0.141. The van der Waals surface area contributed by atoms with Gasteiger partial charge in [0.15, 0.2) is 0 Å². The number of unbranched alkanes of at least 4 members (excludes halogenated alkanes) is 1. The van der Waals surface area contributed by atoms with Crippen molar-refractivity contribution in [3.05, 3.63) is 0 Å². The molecule has 0 amide bonds. The van der Waals surface area contributed by atoms with Gasteiger partial charge in [0.05, 0.1) is 7.11 Å². The Balaban J connectivity index is 1.16. The zero-order valence-electron chi connectivity index (χ0n) is 27.3. The average Bonchev–Trinajstić information content (AvgIpc) is 3.33. The van der Waals surface area contributed by atoms with Gasteiger partial charge in [-0.15, -0.1) is 0 Å². The molecule has 0 aromatic rings. The Morgan fingerprint density at radius 2 is 1.54 bits per heavy atom. The molecule has 0 saturated heterocycles. The summed E-state index contributed by atoms with van der Waals surface area (Å²) in [7, 11) is 1.52. The number of fused-ring (bicyclic) bond motifs is 5. The molecule has 0 bridgehead atoms. The van der Waals surface area contributed by atoms with E-state index in [2.05, 4.69) is 36.7 Å². The molecule has 4 aliphatic carbocycles. The van der Waals surface area contributed by atoms with Gasteiger partial charge in [-0.1, -0.05) is 20.8 Å². The van der Waals surface area contributed by atoms with E-state index in [-0.39, 0.29) is 5.97 Å². The van der Waals surface area contributed by atoms with Gasteiger partial charge in [-0.05, 0) is 175 Å². The van der Waals surface area contributed by atoms with Gasteiger partial charge in [0, 0.05) is 12.5 Å². The van der Waals surface area contributed by atoms with Gasteiger partial charge in [0.1, 0.15) is 0 Å². The van der Waals surface area contributed by atoms with Gasteiger partial charge in [-0.2, -0.15) is 0 Å². The zero-order chi connectivity index (χ0) is 29.3. The van der Waals surface area contributed by atoms with Crippen molar-refractivity contribution >= 4 is 5.97 Å². The van der Waals surface area contributed by atoms with Crippen LogP contribution in [0.5, 0.6) is 0 Å². The highest BCUT2D eigenvalue weighted by molar-refractivity contribution is 5.69. The third-order valence-corrected chi connectivity index (χ3v) is 12.9. The summed E-state index contributed by atoms with van der Waals surface area (Å²) >= 11 is 0. The minimum Gasteiger partial charge on any atom is -0.469 e. The molecule has 0 spiro atoms. The number of hydrogen-bond acceptors (Lipinski definition) is 6. The molecule has 0 radical (unpaired) electrons. The molecule has 238 valence electrons. The second-order valence-electron chi connectivity index (χ2n) is 15.1. The Morgan fingerprint density at radius 3 is 2.27 bits per heavy atom. The molecular formula is C35H66N4O2. The molecule has 4 saturated carbocycles. The van der Waals surface area contributed by atoms with Crippen LogP contribution in [0.15, 0.2) is 0 Å². The number of methoxy groups -OCH3 is 1. The summed E-state index contributed by atoms with van der Waals surface area (Å²) in [4.78, 5) is 11.8. The van der Waals surface area contributed by atoms with Crippen LogP contribution in [0, 0.1) is 46.3 Å². The minimum atomic E-state index is -0.0398. The summed E-state index contributed by atoms with van der Waals surface area (Å²) in [5.41, 5.74) is 6.57. The van der Waals surface area contributed by atoms with Gasteiger partial charge in [-0.25, -0.2) is 0 Å². The molecule has 5 N–H and O–H groups in total. The van der Waals surface area contributed by atoms with Gasteiger partial charge < -0.3 is 26.4 Å². The van der Waals surface area contributed by atoms with Gasteiger partial charge in [0.2, 0.25) is 0 Å². The molecule has 5 unspecified atom stereocenters. The second-order valence-corrected chi connectivity index (χ2v) is 15.1. The quantitative estimate of drug-likeness (QED) is 0.128. The predicted molar refractivity (Wildman–Crippen MR) is 171 cm³/mol. The van der Waals surface area contributed by atoms with Crippen LogP contribution >= 0.6 is 0 Å². The molecule has 0 heterocycles. The SMILES string of the molecule is COC(=O)CCC(C)C1CCC2C3CC[C@@H]4C[C@H](NCCCNCCCCNCCCN)CC[C@]4(C)C3CC[C@]12C. The molecule has 4 aliphatic rings. The summed E-state index contributed by atoms with van der Waals surface area (Å²) in [6.45, 7) is 14.1. The fourth-order valence-electron chi connectivity index (χ4n) is 10.6. The molecule has 6 heteroatoms. The molecule has 9 atom stereocenters. The fourth-order valence-corrected chi connectivity index (χ4v) is 10.6. The molecule has 0 aromatic heterocycles. The Morgan fingerprint density at radius 1 is 0.854 bits per heavy atom. The maximum atomic E-state index is 11.8. The van der Waals surface area contributed by atoms with E-state index < -0.39 is 0 Å². The Kier molecular flexibility index (Phi) is 12.8. The highest BCUT2D eigenvalue weighted by atomic mass is 16.5. The second kappa shape index (κ2) is 15.9. The van der Waals surface area contributed by atoms with Crippen LogP contribution in [0.4, 0.5) is 0 Å². The van der Waals surface area contributed by atoms with E-state index in [1.807, 2.05) is 0 Å². The van der Waals surface area contributed by atoms with Crippen molar-refractivity contribution in [1.29, 1.82) is 0 Å². The zero-order valence-corrected chi connectivity index (χ0v) is 27.3. The first-order valence-electron chi connectivity index (χ1n) is 17.7. The molecule has 6 nitrogen and oxygen atoms in total. The van der Waals surface area contributed by atoms with E-state index in [9.17, 15) is 4.79 Å². The average molecular weight is 575 g/mol. The van der Waals surface area contributed by atoms with E-state index in [1.54, 1.807) is 0 Å². The fraction of sp³-hybridized carbons (Fsp3) is 0.971. The number of nitrogens with two attached hydrogens (primary N) is 1. The van der Waals surface area contributed by atoms with E-state index in [4.69, 9.17) is 10.5 Å². The first kappa shape index (κ1) is 33.2. The van der Waals surface area contributed by atoms with Crippen LogP contribution in [-0.2, 0) is 9.53 Å². The number of carbonyl (C=O) groups excluding carboxylic acids is 1. The maximum absolute atomic E-state index is 11.8. The number of nitrogens with one attached hydrogen (secondary N) is 3. The summed E-state index contributed by atoms with van der Waals surface area (Å²) in [5.74, 6) is 5.05. The largest absolute Gasteiger partial charge is 0.469 e. The van der Waals surface area contributed by atoms with Crippen LogP contribution in [0.1, 0.15) is 117 Å². The van der Waals surface area contributed by atoms with E-state index in [0.717, 1.165) is 87.7 Å². The lowest BCUT2D eigenvalue weighted by Crippen LogP contribution is -2.55. The standard InChI is InChI=1S/C35H66N4O2/c1-26(9-14-33(40)41-4)30-12-13-31-29-11-10-27-25-28(15-17-34(27,2)32(29)16-18-35(30,31)3)39-24-8-23-38-21-6-5-20-37-22-7-19-36/h26-32,37-39H,5-25,36H2,1-4H3/t26?,27-,28-,29?,30?,31?,32?,34+,35-/m1/s1. The Bertz CT molecular complexity index is 794. The van der Waals surface area contributed by atoms with Crippen LogP contribution in [0.3, 0.4) is 0 Å². The van der Waals surface area contributed by atoms with Crippen molar-refractivity contribution in [2.45, 2.75) is 123 Å². The molecule has 4 rings (SSSR count). The number of esters is 1. The van der Waals surface area contributed by atoms with Crippen molar-refractivity contribution in [2.75, 3.05) is 46.4 Å². The number of carbonyl (C=O) groups is 1. The number of rotatable bonds is 17. The predicted octanol–water partition coefficient (Wildman–Crippen LogP) is 5.89. The Labute approximate surface area is 252 Å². The van der Waals surface area contributed by atoms with Gasteiger partial charge >= 0.3 is 5.97 Å². The van der Waals surface area contributed by atoms with Crippen molar-refractivity contribution in [2.24, 2.45) is 52.1 Å². The van der Waals surface area contributed by atoms with Crippen molar-refractivity contribution in [3.8, 4) is 0 Å². The normalized spacial score (nSPS) is 37.2. The van der Waals surface area contributed by atoms with Gasteiger partial charge in [-0.3, -0.25) is 4.79 Å². The highest BCUT2D eigenvalue weighted by Gasteiger charge is 2.60. The van der Waals surface area contributed by atoms with Crippen LogP contribution in [-0.4, -0.2) is 58.4 Å². The lowest BCUT2D eigenvalue weighted by Gasteiger charge is -2.61. The number of ether oxygens (including phenoxy) is 1. The molecule has 41 heavy (non-hydrogen) atoms.